The molecule has 0 spiro atoms. The van der Waals surface area contributed by atoms with Gasteiger partial charge in [-0.15, -0.1) is 0 Å². The fourth-order valence-corrected chi connectivity index (χ4v) is 2.45. The van der Waals surface area contributed by atoms with Crippen LogP contribution in [-0.2, 0) is 14.6 Å². The molecular formula is C16H37NO4S. The van der Waals surface area contributed by atoms with E-state index in [1.54, 1.807) is 0 Å². The first-order valence-electron chi connectivity index (χ1n) is 8.87. The van der Waals surface area contributed by atoms with Crippen molar-refractivity contribution in [2.75, 3.05) is 13.2 Å². The smallest absolute Gasteiger partial charge is 0.217 e. The zero-order chi connectivity index (χ0) is 17.1. The van der Waals surface area contributed by atoms with Crippen molar-refractivity contribution < 1.29 is 22.9 Å². The molecule has 0 heterocycles. The van der Waals surface area contributed by atoms with Gasteiger partial charge in [-0.25, -0.2) is 8.42 Å². The van der Waals surface area contributed by atoms with Gasteiger partial charge in [0.1, 0.15) is 0 Å². The van der Waals surface area contributed by atoms with Crippen molar-refractivity contribution >= 4 is 10.4 Å². The molecule has 0 aromatic carbocycles. The number of hydrogen-bond acceptors (Lipinski definition) is 4. The van der Waals surface area contributed by atoms with Crippen LogP contribution in [0.25, 0.3) is 0 Å². The van der Waals surface area contributed by atoms with Crippen LogP contribution in [0.5, 0.6) is 0 Å². The lowest BCUT2D eigenvalue weighted by Gasteiger charge is -2.02. The molecule has 0 aliphatic carbocycles. The standard InChI is InChI=1S/C14H31N.C2H6O4S/c1-2-3-4-5-6-7-8-9-10-11-12-13-14-15;1-2-6-7(3,4)5/h2-15H2,1H3;2H2,1H3,(H,3,4,5). The molecule has 3 N–H and O–H groups in total. The molecule has 0 radical (unpaired) electrons. The van der Waals surface area contributed by atoms with Gasteiger partial charge in [0, 0.05) is 0 Å². The lowest BCUT2D eigenvalue weighted by Crippen LogP contribution is -2.50. The van der Waals surface area contributed by atoms with Crippen LogP contribution in [-0.4, -0.2) is 26.1 Å². The van der Waals surface area contributed by atoms with Crippen molar-refractivity contribution in [3.8, 4) is 0 Å². The zero-order valence-electron chi connectivity index (χ0n) is 14.6. The van der Waals surface area contributed by atoms with E-state index in [2.05, 4.69) is 16.8 Å². The Morgan fingerprint density at radius 1 is 0.773 bits per heavy atom. The summed E-state index contributed by atoms with van der Waals surface area (Å²) in [5.74, 6) is 0. The molecule has 0 aromatic heterocycles. The van der Waals surface area contributed by atoms with Crippen molar-refractivity contribution in [2.24, 2.45) is 0 Å². The Balaban J connectivity index is 0. The predicted molar refractivity (Wildman–Crippen MR) is 90.2 cm³/mol. The van der Waals surface area contributed by atoms with Crippen LogP contribution in [0, 0.1) is 0 Å². The summed E-state index contributed by atoms with van der Waals surface area (Å²) in [5, 5.41) is 0. The van der Waals surface area contributed by atoms with Gasteiger partial charge in [-0.05, 0) is 19.8 Å². The largest absolute Gasteiger partial charge is 0.726 e. The SMILES string of the molecule is CCCCCCCCCCCCCC[NH3+].CCOS(=O)(=O)[O-]. The number of hydrogen-bond donors (Lipinski definition) is 1. The molecule has 136 valence electrons. The fraction of sp³-hybridized carbons (Fsp3) is 1.00. The topological polar surface area (TPSA) is 94.1 Å². The van der Waals surface area contributed by atoms with Crippen LogP contribution in [0.3, 0.4) is 0 Å². The number of quaternary nitrogens is 1. The highest BCUT2D eigenvalue weighted by Crippen LogP contribution is 2.11. The molecular weight excluding hydrogens is 302 g/mol. The second-order valence-electron chi connectivity index (χ2n) is 5.56. The van der Waals surface area contributed by atoms with E-state index in [0.29, 0.717) is 0 Å². The molecule has 0 bridgehead atoms. The molecule has 0 rings (SSSR count). The highest BCUT2D eigenvalue weighted by molar-refractivity contribution is 7.80. The fourth-order valence-electron chi connectivity index (χ4n) is 2.16. The van der Waals surface area contributed by atoms with Crippen molar-refractivity contribution in [3.63, 3.8) is 0 Å². The van der Waals surface area contributed by atoms with E-state index in [4.69, 9.17) is 0 Å². The molecule has 0 aliphatic rings. The third-order valence-corrected chi connectivity index (χ3v) is 3.89. The number of unbranched alkanes of at least 4 members (excludes halogenated alkanes) is 11. The van der Waals surface area contributed by atoms with Gasteiger partial charge < -0.3 is 10.3 Å². The summed E-state index contributed by atoms with van der Waals surface area (Å²) in [5.41, 5.74) is 3.87. The van der Waals surface area contributed by atoms with Gasteiger partial charge in [0.25, 0.3) is 0 Å². The molecule has 0 aromatic rings. The molecule has 6 heteroatoms. The Labute approximate surface area is 138 Å². The summed E-state index contributed by atoms with van der Waals surface area (Å²) >= 11 is 0. The van der Waals surface area contributed by atoms with Crippen LogP contribution >= 0.6 is 0 Å². The second kappa shape index (κ2) is 18.9. The lowest BCUT2D eigenvalue weighted by atomic mass is 10.1. The maximum Gasteiger partial charge on any atom is 0.217 e. The highest BCUT2D eigenvalue weighted by atomic mass is 32.3. The molecule has 0 fully saturated rings. The van der Waals surface area contributed by atoms with Gasteiger partial charge in [-0.2, -0.15) is 0 Å². The monoisotopic (exact) mass is 339 g/mol. The van der Waals surface area contributed by atoms with Gasteiger partial charge in [0.2, 0.25) is 10.4 Å². The lowest BCUT2D eigenvalue weighted by molar-refractivity contribution is -0.368. The molecule has 0 atom stereocenters. The average molecular weight is 340 g/mol. The normalized spacial score (nSPS) is 11.1. The van der Waals surface area contributed by atoms with Gasteiger partial charge in [-0.1, -0.05) is 71.1 Å². The Morgan fingerprint density at radius 3 is 1.36 bits per heavy atom. The van der Waals surface area contributed by atoms with Gasteiger partial charge in [-0.3, -0.25) is 4.18 Å². The maximum atomic E-state index is 9.45. The van der Waals surface area contributed by atoms with Gasteiger partial charge in [0.05, 0.1) is 13.2 Å². The Hall–Kier alpha value is -0.170. The minimum absolute atomic E-state index is 0.0914. The van der Waals surface area contributed by atoms with E-state index in [1.807, 2.05) is 0 Å². The van der Waals surface area contributed by atoms with Gasteiger partial charge >= 0.3 is 0 Å². The highest BCUT2D eigenvalue weighted by Gasteiger charge is 1.92. The third kappa shape index (κ3) is 28.1. The number of rotatable bonds is 14. The Kier molecular flexibility index (Phi) is 20.7. The third-order valence-electron chi connectivity index (χ3n) is 3.37. The summed E-state index contributed by atoms with van der Waals surface area (Å²) in [6.45, 7) is 4.74. The summed E-state index contributed by atoms with van der Waals surface area (Å²) in [7, 11) is -4.42. The zero-order valence-corrected chi connectivity index (χ0v) is 15.5. The van der Waals surface area contributed by atoms with Crippen molar-refractivity contribution in [1.82, 2.24) is 0 Å². The van der Waals surface area contributed by atoms with Crippen molar-refractivity contribution in [3.05, 3.63) is 0 Å². The first-order chi connectivity index (χ1) is 10.5. The molecule has 5 nitrogen and oxygen atoms in total. The summed E-state index contributed by atoms with van der Waals surface area (Å²) in [4.78, 5) is 0. The minimum atomic E-state index is -4.42. The van der Waals surface area contributed by atoms with Crippen molar-refractivity contribution in [2.45, 2.75) is 90.9 Å². The second-order valence-corrected chi connectivity index (χ2v) is 6.61. The minimum Gasteiger partial charge on any atom is -0.726 e. The van der Waals surface area contributed by atoms with E-state index in [0.717, 1.165) is 6.54 Å². The van der Waals surface area contributed by atoms with Crippen LogP contribution in [0.4, 0.5) is 0 Å². The van der Waals surface area contributed by atoms with Crippen molar-refractivity contribution in [1.29, 1.82) is 0 Å². The molecule has 0 aliphatic heterocycles. The van der Waals surface area contributed by atoms with E-state index in [1.165, 1.54) is 84.0 Å². The molecule has 0 unspecified atom stereocenters. The summed E-state index contributed by atoms with van der Waals surface area (Å²) < 4.78 is 32.0. The van der Waals surface area contributed by atoms with Crippen LogP contribution in [0.2, 0.25) is 0 Å². The summed E-state index contributed by atoms with van der Waals surface area (Å²) in [6, 6.07) is 0. The Bertz CT molecular complexity index is 283. The van der Waals surface area contributed by atoms with Crippen LogP contribution < -0.4 is 5.73 Å². The van der Waals surface area contributed by atoms with E-state index >= 15 is 0 Å². The molecule has 0 amide bonds. The average Bonchev–Trinajstić information content (AvgIpc) is 2.44. The van der Waals surface area contributed by atoms with E-state index in [-0.39, 0.29) is 6.61 Å². The first kappa shape index (κ1) is 24.1. The Morgan fingerprint density at radius 2 is 1.14 bits per heavy atom. The van der Waals surface area contributed by atoms with E-state index < -0.39 is 10.4 Å². The first-order valence-corrected chi connectivity index (χ1v) is 10.2. The quantitative estimate of drug-likeness (QED) is 0.298. The van der Waals surface area contributed by atoms with Gasteiger partial charge in [0.15, 0.2) is 0 Å². The van der Waals surface area contributed by atoms with E-state index in [9.17, 15) is 13.0 Å². The maximum absolute atomic E-state index is 9.45. The predicted octanol–water partition coefficient (Wildman–Crippen LogP) is 3.41. The molecule has 0 saturated heterocycles. The summed E-state index contributed by atoms with van der Waals surface area (Å²) in [6.07, 6.45) is 17.2. The van der Waals surface area contributed by atoms with Crippen LogP contribution in [0.1, 0.15) is 90.9 Å². The van der Waals surface area contributed by atoms with Crippen LogP contribution in [0.15, 0.2) is 0 Å². The molecule has 22 heavy (non-hydrogen) atoms. The molecule has 0 saturated carbocycles.